The minimum Gasteiger partial charge on any atom is -0.450 e. The Hall–Kier alpha value is -1.54. The highest BCUT2D eigenvalue weighted by atomic mass is 16.6. The van der Waals surface area contributed by atoms with Crippen LogP contribution in [0.25, 0.3) is 0 Å². The van der Waals surface area contributed by atoms with E-state index in [0.29, 0.717) is 17.4 Å². The minimum atomic E-state index is -0.388. The van der Waals surface area contributed by atoms with Crippen LogP contribution in [-0.4, -0.2) is 86.6 Å². The van der Waals surface area contributed by atoms with E-state index >= 15 is 0 Å². The lowest BCUT2D eigenvalue weighted by atomic mass is 9.78. The van der Waals surface area contributed by atoms with Gasteiger partial charge in [-0.15, -0.1) is 0 Å². The molecule has 0 radical (unpaired) electrons. The Bertz CT molecular complexity index is 626. The van der Waals surface area contributed by atoms with Gasteiger partial charge in [0.25, 0.3) is 0 Å². The molecule has 4 heterocycles. The third-order valence-electron chi connectivity index (χ3n) is 7.44. The number of likely N-dealkylation sites (tertiary alicyclic amines) is 2. The summed E-state index contributed by atoms with van der Waals surface area (Å²) in [6.07, 6.45) is 6.73. The summed E-state index contributed by atoms with van der Waals surface area (Å²) in [5.74, 6) is 0. The first-order valence-corrected chi connectivity index (χ1v) is 12.5. The van der Waals surface area contributed by atoms with Gasteiger partial charge in [0.15, 0.2) is 0 Å². The Kier molecular flexibility index (Phi) is 8.31. The molecule has 2 N–H and O–H groups in total. The third-order valence-corrected chi connectivity index (χ3v) is 7.44. The zero-order valence-electron chi connectivity index (χ0n) is 20.6. The maximum atomic E-state index is 11.9. The van der Waals surface area contributed by atoms with Gasteiger partial charge < -0.3 is 29.9 Å². The first kappa shape index (κ1) is 25.1. The Labute approximate surface area is 193 Å². The van der Waals surface area contributed by atoms with Crippen LogP contribution in [0.15, 0.2) is 0 Å². The second kappa shape index (κ2) is 10.6. The highest BCUT2D eigenvalue weighted by molar-refractivity contribution is 5.68. The second-order valence-electron chi connectivity index (χ2n) is 11.0. The van der Waals surface area contributed by atoms with Gasteiger partial charge in [0.2, 0.25) is 0 Å². The van der Waals surface area contributed by atoms with Crippen molar-refractivity contribution in [3.8, 4) is 0 Å². The van der Waals surface area contributed by atoms with Gasteiger partial charge in [0.1, 0.15) is 5.60 Å². The molecule has 0 aliphatic carbocycles. The molecule has 0 saturated carbocycles. The van der Waals surface area contributed by atoms with Gasteiger partial charge in [-0.3, -0.25) is 0 Å². The summed E-state index contributed by atoms with van der Waals surface area (Å²) in [5, 5.41) is 6.80. The van der Waals surface area contributed by atoms with E-state index in [4.69, 9.17) is 9.47 Å². The number of hydrogen-bond donors (Lipinski definition) is 2. The topological polar surface area (TPSA) is 83.1 Å². The fraction of sp³-hybridized carbons (Fsp3) is 0.917. The number of carbonyl (C=O) groups is 2. The molecule has 0 aromatic carbocycles. The number of carbonyl (C=O) groups excluding carboxylic acids is 2. The van der Waals surface area contributed by atoms with Crippen LogP contribution in [0.1, 0.15) is 66.2 Å². The molecule has 4 aliphatic heterocycles. The van der Waals surface area contributed by atoms with Crippen molar-refractivity contribution in [1.82, 2.24) is 20.4 Å². The van der Waals surface area contributed by atoms with Crippen molar-refractivity contribution in [1.29, 1.82) is 0 Å². The van der Waals surface area contributed by atoms with Crippen molar-refractivity contribution in [2.45, 2.75) is 71.8 Å². The van der Waals surface area contributed by atoms with E-state index in [9.17, 15) is 9.59 Å². The zero-order chi connectivity index (χ0) is 23.2. The van der Waals surface area contributed by atoms with Crippen LogP contribution in [0.5, 0.6) is 0 Å². The molecule has 0 unspecified atom stereocenters. The number of nitrogens with one attached hydrogen (secondary N) is 2. The summed E-state index contributed by atoms with van der Waals surface area (Å²) in [6.45, 7) is 16.0. The number of hydrogen-bond acceptors (Lipinski definition) is 6. The van der Waals surface area contributed by atoms with Crippen molar-refractivity contribution in [2.75, 3.05) is 59.0 Å². The quantitative estimate of drug-likeness (QED) is 0.636. The third kappa shape index (κ3) is 6.73. The maximum Gasteiger partial charge on any atom is 0.410 e. The van der Waals surface area contributed by atoms with Crippen LogP contribution >= 0.6 is 0 Å². The van der Waals surface area contributed by atoms with Gasteiger partial charge in [0, 0.05) is 32.7 Å². The predicted octanol–water partition coefficient (Wildman–Crippen LogP) is 3.22. The number of rotatable bonds is 1. The Morgan fingerprint density at radius 2 is 1.38 bits per heavy atom. The SMILES string of the molecule is CC(C)(C)OC(=O)N1CCC2(CCNC2)CC1.CCOC(=O)N1CCC2(CCNCC2)C1. The van der Waals surface area contributed by atoms with E-state index in [-0.39, 0.29) is 17.8 Å². The van der Waals surface area contributed by atoms with E-state index in [2.05, 4.69) is 10.6 Å². The normalized spacial score (nSPS) is 24.2. The van der Waals surface area contributed by atoms with E-state index in [0.717, 1.165) is 71.6 Å². The average molecular weight is 453 g/mol. The molecule has 0 aromatic heterocycles. The average Bonchev–Trinajstić information content (AvgIpc) is 3.36. The molecule has 32 heavy (non-hydrogen) atoms. The predicted molar refractivity (Wildman–Crippen MR) is 125 cm³/mol. The summed E-state index contributed by atoms with van der Waals surface area (Å²) in [7, 11) is 0. The molecule has 8 nitrogen and oxygen atoms in total. The highest BCUT2D eigenvalue weighted by Crippen LogP contribution is 2.39. The molecule has 0 bridgehead atoms. The first-order chi connectivity index (χ1) is 15.2. The Morgan fingerprint density at radius 3 is 1.94 bits per heavy atom. The molecule has 184 valence electrons. The maximum absolute atomic E-state index is 11.9. The van der Waals surface area contributed by atoms with Gasteiger partial charge in [-0.1, -0.05) is 0 Å². The fourth-order valence-corrected chi connectivity index (χ4v) is 5.38. The fourth-order valence-electron chi connectivity index (χ4n) is 5.38. The largest absolute Gasteiger partial charge is 0.450 e. The van der Waals surface area contributed by atoms with Crippen molar-refractivity contribution in [3.05, 3.63) is 0 Å². The van der Waals surface area contributed by atoms with E-state index in [1.165, 1.54) is 19.3 Å². The molecule has 4 fully saturated rings. The minimum absolute atomic E-state index is 0.132. The molecular formula is C24H44N4O4. The van der Waals surface area contributed by atoms with E-state index < -0.39 is 0 Å². The number of ether oxygens (including phenoxy) is 2. The van der Waals surface area contributed by atoms with Crippen LogP contribution < -0.4 is 10.6 Å². The standard InChI is InChI=1S/C13H24N2O2.C11H20N2O2/c1-12(2,3)17-11(16)15-8-5-13(6-9-15)4-7-14-10-13;1-2-15-10(14)13-8-5-11(9-13)3-6-12-7-4-11/h14H,4-10H2,1-3H3;12H,2-9H2,1H3. The van der Waals surface area contributed by atoms with Crippen LogP contribution in [0, 0.1) is 10.8 Å². The van der Waals surface area contributed by atoms with Crippen LogP contribution in [-0.2, 0) is 9.47 Å². The smallest absolute Gasteiger partial charge is 0.410 e. The zero-order valence-corrected chi connectivity index (χ0v) is 20.6. The summed E-state index contributed by atoms with van der Waals surface area (Å²) in [5.41, 5.74) is 0.456. The van der Waals surface area contributed by atoms with Crippen molar-refractivity contribution >= 4 is 12.2 Å². The molecule has 4 rings (SSSR count). The van der Waals surface area contributed by atoms with Crippen molar-refractivity contribution < 1.29 is 19.1 Å². The molecule has 4 aliphatic rings. The first-order valence-electron chi connectivity index (χ1n) is 12.5. The van der Waals surface area contributed by atoms with E-state index in [1.807, 2.05) is 37.5 Å². The monoisotopic (exact) mass is 452 g/mol. The van der Waals surface area contributed by atoms with Crippen LogP contribution in [0.2, 0.25) is 0 Å². The number of amides is 2. The summed E-state index contributed by atoms with van der Waals surface area (Å²) in [6, 6.07) is 0. The molecular weight excluding hydrogens is 408 g/mol. The van der Waals surface area contributed by atoms with Gasteiger partial charge in [-0.2, -0.15) is 0 Å². The van der Waals surface area contributed by atoms with E-state index in [1.54, 1.807) is 0 Å². The summed E-state index contributed by atoms with van der Waals surface area (Å²) >= 11 is 0. The lowest BCUT2D eigenvalue weighted by Gasteiger charge is -2.39. The lowest BCUT2D eigenvalue weighted by Crippen LogP contribution is -2.45. The molecule has 8 heteroatoms. The Balaban J connectivity index is 0.000000182. The molecule has 2 spiro atoms. The summed E-state index contributed by atoms with van der Waals surface area (Å²) < 4.78 is 10.4. The van der Waals surface area contributed by atoms with Crippen molar-refractivity contribution in [2.24, 2.45) is 10.8 Å². The highest BCUT2D eigenvalue weighted by Gasteiger charge is 2.41. The van der Waals surface area contributed by atoms with Gasteiger partial charge >= 0.3 is 12.2 Å². The van der Waals surface area contributed by atoms with Gasteiger partial charge in [-0.05, 0) is 96.7 Å². The van der Waals surface area contributed by atoms with Crippen LogP contribution in [0.3, 0.4) is 0 Å². The van der Waals surface area contributed by atoms with Crippen LogP contribution in [0.4, 0.5) is 9.59 Å². The molecule has 2 amide bonds. The number of nitrogens with zero attached hydrogens (tertiary/aromatic N) is 2. The van der Waals surface area contributed by atoms with Crippen molar-refractivity contribution in [3.63, 3.8) is 0 Å². The van der Waals surface area contributed by atoms with Gasteiger partial charge in [-0.25, -0.2) is 9.59 Å². The summed E-state index contributed by atoms with van der Waals surface area (Å²) in [4.78, 5) is 27.2. The number of piperidine rings is 2. The molecule has 0 atom stereocenters. The molecule has 0 aromatic rings. The molecule has 4 saturated heterocycles. The second-order valence-corrected chi connectivity index (χ2v) is 11.0. The van der Waals surface area contributed by atoms with Gasteiger partial charge in [0.05, 0.1) is 6.61 Å². The Morgan fingerprint density at radius 1 is 0.812 bits per heavy atom. The lowest BCUT2D eigenvalue weighted by molar-refractivity contribution is 0.0120.